The highest BCUT2D eigenvalue weighted by atomic mass is 35.5. The topological polar surface area (TPSA) is 41.6 Å². The zero-order valence-electron chi connectivity index (χ0n) is 13.9. The quantitative estimate of drug-likeness (QED) is 0.887. The highest BCUT2D eigenvalue weighted by molar-refractivity contribution is 5.85. The van der Waals surface area contributed by atoms with E-state index in [0.717, 1.165) is 17.7 Å². The van der Waals surface area contributed by atoms with E-state index in [1.54, 1.807) is 11.0 Å². The Morgan fingerprint density at radius 3 is 2.76 bits per heavy atom. The van der Waals surface area contributed by atoms with Crippen molar-refractivity contribution in [1.82, 2.24) is 10.2 Å². The van der Waals surface area contributed by atoms with Crippen molar-refractivity contribution in [3.05, 3.63) is 71.5 Å². The van der Waals surface area contributed by atoms with Crippen LogP contribution in [0.25, 0.3) is 0 Å². The van der Waals surface area contributed by atoms with Crippen LogP contribution in [-0.2, 0) is 16.1 Å². The molecule has 1 unspecified atom stereocenters. The number of carbonyl (C=O) groups excluding carboxylic acids is 1. The van der Waals surface area contributed by atoms with E-state index in [0.29, 0.717) is 19.7 Å². The van der Waals surface area contributed by atoms with Crippen LogP contribution in [-0.4, -0.2) is 37.0 Å². The molecule has 25 heavy (non-hydrogen) atoms. The fraction of sp³-hybridized carbons (Fsp3) is 0.316. The summed E-state index contributed by atoms with van der Waals surface area (Å²) in [5.41, 5.74) is 1.84. The molecular formula is C19H22ClFN2O2. The second-order valence-corrected chi connectivity index (χ2v) is 5.84. The third-order valence-electron chi connectivity index (χ3n) is 4.13. The minimum Gasteiger partial charge on any atom is -0.367 e. The van der Waals surface area contributed by atoms with E-state index >= 15 is 0 Å². The lowest BCUT2D eigenvalue weighted by molar-refractivity contribution is -0.140. The summed E-state index contributed by atoms with van der Waals surface area (Å²) < 4.78 is 19.0. The molecule has 6 heteroatoms. The Labute approximate surface area is 153 Å². The first kappa shape index (κ1) is 19.4. The molecule has 0 aromatic heterocycles. The van der Waals surface area contributed by atoms with Crippen molar-refractivity contribution in [2.45, 2.75) is 12.6 Å². The maximum Gasteiger partial charge on any atom is 0.249 e. The van der Waals surface area contributed by atoms with Crippen molar-refractivity contribution in [3.8, 4) is 0 Å². The lowest BCUT2D eigenvalue weighted by Crippen LogP contribution is -2.49. The molecule has 0 aliphatic carbocycles. The second kappa shape index (κ2) is 9.51. The maximum atomic E-state index is 13.5. The van der Waals surface area contributed by atoms with Gasteiger partial charge < -0.3 is 15.0 Å². The van der Waals surface area contributed by atoms with Gasteiger partial charge >= 0.3 is 0 Å². The van der Waals surface area contributed by atoms with Crippen LogP contribution in [0.1, 0.15) is 17.2 Å². The molecule has 2 aromatic rings. The molecule has 1 aliphatic heterocycles. The number of nitrogens with zero attached hydrogens (tertiary/aromatic N) is 1. The van der Waals surface area contributed by atoms with Crippen LogP contribution in [0.5, 0.6) is 0 Å². The van der Waals surface area contributed by atoms with Crippen molar-refractivity contribution in [1.29, 1.82) is 0 Å². The first-order valence-corrected chi connectivity index (χ1v) is 8.11. The monoisotopic (exact) mass is 364 g/mol. The predicted molar refractivity (Wildman–Crippen MR) is 97.1 cm³/mol. The molecule has 3 rings (SSSR count). The molecule has 2 aromatic carbocycles. The van der Waals surface area contributed by atoms with Gasteiger partial charge in [0.15, 0.2) is 0 Å². The number of nitrogens with one attached hydrogen (secondary N) is 1. The maximum absolute atomic E-state index is 13.5. The SMILES string of the molecule is Cl.O=C(COCc1ccccc1)N1CCNCC1c1cccc(F)c1. The smallest absolute Gasteiger partial charge is 0.249 e. The minimum absolute atomic E-state index is 0. The number of halogens is 2. The van der Waals surface area contributed by atoms with Crippen LogP contribution in [0.4, 0.5) is 4.39 Å². The van der Waals surface area contributed by atoms with Crippen LogP contribution in [0, 0.1) is 5.82 Å². The third-order valence-corrected chi connectivity index (χ3v) is 4.13. The number of amides is 1. The molecule has 1 fully saturated rings. The molecular weight excluding hydrogens is 343 g/mol. The lowest BCUT2D eigenvalue weighted by Gasteiger charge is -2.36. The number of carbonyl (C=O) groups is 1. The zero-order chi connectivity index (χ0) is 16.8. The van der Waals surface area contributed by atoms with E-state index in [1.165, 1.54) is 12.1 Å². The molecule has 4 nitrogen and oxygen atoms in total. The standard InChI is InChI=1S/C19H21FN2O2.ClH/c20-17-8-4-7-16(11-17)18-12-21-9-10-22(18)19(23)14-24-13-15-5-2-1-3-6-15;/h1-8,11,18,21H,9-10,12-14H2;1H. The van der Waals surface area contributed by atoms with Gasteiger partial charge in [-0.15, -0.1) is 12.4 Å². The van der Waals surface area contributed by atoms with Crippen LogP contribution in [0.3, 0.4) is 0 Å². The Morgan fingerprint density at radius 2 is 2.00 bits per heavy atom. The van der Waals surface area contributed by atoms with E-state index in [-0.39, 0.29) is 36.8 Å². The molecule has 1 saturated heterocycles. The minimum atomic E-state index is -0.286. The van der Waals surface area contributed by atoms with Crippen molar-refractivity contribution < 1.29 is 13.9 Å². The Morgan fingerprint density at radius 1 is 1.20 bits per heavy atom. The lowest BCUT2D eigenvalue weighted by atomic mass is 10.0. The molecule has 0 radical (unpaired) electrons. The van der Waals surface area contributed by atoms with Crippen LogP contribution >= 0.6 is 12.4 Å². The Kier molecular flexibility index (Phi) is 7.37. The summed E-state index contributed by atoms with van der Waals surface area (Å²) in [4.78, 5) is 14.3. The number of hydrogen-bond donors (Lipinski definition) is 1. The van der Waals surface area contributed by atoms with Gasteiger partial charge in [0.1, 0.15) is 12.4 Å². The largest absolute Gasteiger partial charge is 0.367 e. The van der Waals surface area contributed by atoms with E-state index in [4.69, 9.17) is 4.74 Å². The van der Waals surface area contributed by atoms with Gasteiger partial charge in [-0.2, -0.15) is 0 Å². The molecule has 1 heterocycles. The molecule has 0 saturated carbocycles. The van der Waals surface area contributed by atoms with Crippen molar-refractivity contribution in [2.24, 2.45) is 0 Å². The van der Waals surface area contributed by atoms with Gasteiger partial charge in [0, 0.05) is 19.6 Å². The van der Waals surface area contributed by atoms with Crippen LogP contribution in [0.15, 0.2) is 54.6 Å². The van der Waals surface area contributed by atoms with Crippen LogP contribution in [0.2, 0.25) is 0 Å². The first-order valence-electron chi connectivity index (χ1n) is 8.11. The second-order valence-electron chi connectivity index (χ2n) is 5.84. The van der Waals surface area contributed by atoms with E-state index in [1.807, 2.05) is 36.4 Å². The van der Waals surface area contributed by atoms with Gasteiger partial charge in [0.2, 0.25) is 5.91 Å². The van der Waals surface area contributed by atoms with E-state index in [9.17, 15) is 9.18 Å². The number of hydrogen-bond acceptors (Lipinski definition) is 3. The van der Waals surface area contributed by atoms with Crippen molar-refractivity contribution in [3.63, 3.8) is 0 Å². The van der Waals surface area contributed by atoms with Gasteiger partial charge in [-0.25, -0.2) is 4.39 Å². The average molecular weight is 365 g/mol. The Hall–Kier alpha value is -1.95. The first-order chi connectivity index (χ1) is 11.7. The van der Waals surface area contributed by atoms with Gasteiger partial charge in [-0.3, -0.25) is 4.79 Å². The summed E-state index contributed by atoms with van der Waals surface area (Å²) in [6.45, 7) is 2.38. The molecule has 134 valence electrons. The average Bonchev–Trinajstić information content (AvgIpc) is 2.62. The summed E-state index contributed by atoms with van der Waals surface area (Å²) in [5.74, 6) is -0.354. The molecule has 0 bridgehead atoms. The van der Waals surface area contributed by atoms with E-state index < -0.39 is 0 Å². The fourth-order valence-corrected chi connectivity index (χ4v) is 2.93. The van der Waals surface area contributed by atoms with Gasteiger partial charge in [-0.1, -0.05) is 42.5 Å². The van der Waals surface area contributed by atoms with Gasteiger partial charge in [-0.05, 0) is 23.3 Å². The van der Waals surface area contributed by atoms with Crippen molar-refractivity contribution in [2.75, 3.05) is 26.2 Å². The summed E-state index contributed by atoms with van der Waals surface area (Å²) in [5, 5.41) is 3.26. The van der Waals surface area contributed by atoms with Gasteiger partial charge in [0.05, 0.1) is 12.6 Å². The highest BCUT2D eigenvalue weighted by Crippen LogP contribution is 2.23. The predicted octanol–water partition coefficient (Wildman–Crippen LogP) is 2.94. The van der Waals surface area contributed by atoms with Gasteiger partial charge in [0.25, 0.3) is 0 Å². The van der Waals surface area contributed by atoms with Crippen molar-refractivity contribution >= 4 is 18.3 Å². The third kappa shape index (κ3) is 5.26. The number of benzene rings is 2. The summed E-state index contributed by atoms with van der Waals surface area (Å²) in [7, 11) is 0. The Balaban J connectivity index is 0.00000225. The molecule has 1 atom stereocenters. The summed E-state index contributed by atoms with van der Waals surface area (Å²) >= 11 is 0. The normalized spacial score (nSPS) is 17.0. The number of piperazine rings is 1. The number of ether oxygens (including phenoxy) is 1. The molecule has 1 N–H and O–H groups in total. The summed E-state index contributed by atoms with van der Waals surface area (Å²) in [6, 6.07) is 16.0. The summed E-state index contributed by atoms with van der Waals surface area (Å²) in [6.07, 6.45) is 0. The molecule has 1 aliphatic rings. The number of rotatable bonds is 5. The van der Waals surface area contributed by atoms with Crippen LogP contribution < -0.4 is 5.32 Å². The molecule has 0 spiro atoms. The molecule has 1 amide bonds. The zero-order valence-corrected chi connectivity index (χ0v) is 14.7. The highest BCUT2D eigenvalue weighted by Gasteiger charge is 2.27. The fourth-order valence-electron chi connectivity index (χ4n) is 2.93. The Bertz CT molecular complexity index is 684. The van der Waals surface area contributed by atoms with E-state index in [2.05, 4.69) is 5.32 Å².